The van der Waals surface area contributed by atoms with Crippen molar-refractivity contribution in [3.63, 3.8) is 0 Å². The van der Waals surface area contributed by atoms with Gasteiger partial charge in [0, 0.05) is 0 Å². The molecule has 0 N–H and O–H groups in total. The lowest BCUT2D eigenvalue weighted by atomic mass is 10.00. The third kappa shape index (κ3) is 4.82. The van der Waals surface area contributed by atoms with Crippen molar-refractivity contribution in [3.8, 4) is 17.6 Å². The molecule has 0 amide bonds. The second-order valence-corrected chi connectivity index (χ2v) is 8.04. The van der Waals surface area contributed by atoms with Crippen LogP contribution in [0.15, 0.2) is 83.3 Å². The molecule has 0 saturated carbocycles. The van der Waals surface area contributed by atoms with E-state index in [9.17, 15) is 9.65 Å². The number of hydrogen-bond acceptors (Lipinski definition) is 3. The third-order valence-electron chi connectivity index (χ3n) is 5.04. The minimum absolute atomic E-state index is 0.269. The van der Waals surface area contributed by atoms with Crippen LogP contribution in [0.1, 0.15) is 16.7 Å². The lowest BCUT2D eigenvalue weighted by Gasteiger charge is -2.14. The zero-order valence-corrected chi connectivity index (χ0v) is 18.9. The molecule has 0 fully saturated rings. The number of hydrogen-bond donors (Lipinski definition) is 0. The number of methoxy groups -OCH3 is 1. The molecule has 0 aliphatic rings. The van der Waals surface area contributed by atoms with E-state index in [0.717, 1.165) is 27.5 Å². The number of halogens is 2. The summed E-state index contributed by atoms with van der Waals surface area (Å²) >= 11 is 3.55. The molecular weight excluding hydrogens is 469 g/mol. The highest BCUT2D eigenvalue weighted by atomic mass is 79.9. The summed E-state index contributed by atoms with van der Waals surface area (Å²) in [5.41, 5.74) is 3.03. The average molecular weight is 488 g/mol. The van der Waals surface area contributed by atoms with E-state index in [1.807, 2.05) is 60.7 Å². The van der Waals surface area contributed by atoms with E-state index in [1.54, 1.807) is 19.2 Å². The van der Waals surface area contributed by atoms with Gasteiger partial charge in [0.1, 0.15) is 12.4 Å². The van der Waals surface area contributed by atoms with Crippen LogP contribution in [-0.2, 0) is 6.61 Å². The van der Waals surface area contributed by atoms with Gasteiger partial charge in [0.25, 0.3) is 0 Å². The zero-order chi connectivity index (χ0) is 22.5. The molecule has 4 aromatic rings. The van der Waals surface area contributed by atoms with E-state index in [2.05, 4.69) is 22.0 Å². The molecule has 4 aromatic carbocycles. The molecule has 158 valence electrons. The summed E-state index contributed by atoms with van der Waals surface area (Å²) in [5, 5.41) is 12.0. The molecule has 4 rings (SSSR count). The summed E-state index contributed by atoms with van der Waals surface area (Å²) in [4.78, 5) is 0. The Bertz CT molecular complexity index is 1340. The zero-order valence-electron chi connectivity index (χ0n) is 17.3. The van der Waals surface area contributed by atoms with Crippen molar-refractivity contribution in [2.24, 2.45) is 0 Å². The van der Waals surface area contributed by atoms with Gasteiger partial charge in [-0.2, -0.15) is 5.26 Å². The van der Waals surface area contributed by atoms with Crippen molar-refractivity contribution in [2.45, 2.75) is 6.61 Å². The number of nitrogens with zero attached hydrogens (tertiary/aromatic N) is 1. The number of allylic oxidation sites excluding steroid dienone is 1. The topological polar surface area (TPSA) is 42.2 Å². The molecule has 0 aromatic heterocycles. The van der Waals surface area contributed by atoms with Crippen molar-refractivity contribution in [2.75, 3.05) is 7.11 Å². The number of nitriles is 1. The van der Waals surface area contributed by atoms with Crippen LogP contribution in [0, 0.1) is 17.1 Å². The van der Waals surface area contributed by atoms with Crippen molar-refractivity contribution in [3.05, 3.63) is 106 Å². The predicted octanol–water partition coefficient (Wildman–Crippen LogP) is 7.39. The van der Waals surface area contributed by atoms with Gasteiger partial charge in [0.15, 0.2) is 11.5 Å². The van der Waals surface area contributed by atoms with Gasteiger partial charge in [-0.15, -0.1) is 0 Å². The monoisotopic (exact) mass is 487 g/mol. The summed E-state index contributed by atoms with van der Waals surface area (Å²) in [5.74, 6) is 0.782. The smallest absolute Gasteiger partial charge is 0.175 e. The van der Waals surface area contributed by atoms with Crippen LogP contribution in [0.3, 0.4) is 0 Å². The number of rotatable bonds is 6. The maximum absolute atomic E-state index is 13.1. The van der Waals surface area contributed by atoms with Gasteiger partial charge in [-0.1, -0.05) is 48.5 Å². The normalized spacial score (nSPS) is 11.2. The Morgan fingerprint density at radius 3 is 2.47 bits per heavy atom. The first kappa shape index (κ1) is 21.6. The number of ether oxygens (including phenoxy) is 2. The molecule has 0 atom stereocenters. The Hall–Kier alpha value is -3.62. The van der Waals surface area contributed by atoms with Gasteiger partial charge < -0.3 is 9.47 Å². The Kier molecular flexibility index (Phi) is 6.53. The second kappa shape index (κ2) is 9.67. The van der Waals surface area contributed by atoms with Gasteiger partial charge >= 0.3 is 0 Å². The fourth-order valence-electron chi connectivity index (χ4n) is 3.40. The second-order valence-electron chi connectivity index (χ2n) is 7.18. The molecule has 5 heteroatoms. The van der Waals surface area contributed by atoms with E-state index in [0.29, 0.717) is 21.5 Å². The Labute approximate surface area is 194 Å². The largest absolute Gasteiger partial charge is 0.493 e. The Balaban J connectivity index is 1.63. The molecule has 0 radical (unpaired) electrons. The van der Waals surface area contributed by atoms with Crippen molar-refractivity contribution >= 4 is 38.4 Å². The first-order valence-corrected chi connectivity index (χ1v) is 10.7. The number of benzene rings is 4. The van der Waals surface area contributed by atoms with E-state index in [1.165, 1.54) is 12.1 Å². The van der Waals surface area contributed by atoms with E-state index < -0.39 is 0 Å². The quantitative estimate of drug-likeness (QED) is 0.210. The first-order valence-electron chi connectivity index (χ1n) is 9.93. The van der Waals surface area contributed by atoms with Gasteiger partial charge in [0.05, 0.1) is 23.2 Å². The summed E-state index contributed by atoms with van der Waals surface area (Å²) in [6, 6.07) is 26.2. The molecule has 0 bridgehead atoms. The lowest BCUT2D eigenvalue weighted by Crippen LogP contribution is -1.99. The highest BCUT2D eigenvalue weighted by molar-refractivity contribution is 9.10. The number of fused-ring (bicyclic) bond motifs is 1. The van der Waals surface area contributed by atoms with Gasteiger partial charge in [0.2, 0.25) is 0 Å². The van der Waals surface area contributed by atoms with E-state index >= 15 is 0 Å². The average Bonchev–Trinajstić information content (AvgIpc) is 2.82. The van der Waals surface area contributed by atoms with Gasteiger partial charge in [-0.25, -0.2) is 4.39 Å². The minimum Gasteiger partial charge on any atom is -0.493 e. The van der Waals surface area contributed by atoms with Crippen molar-refractivity contribution in [1.29, 1.82) is 5.26 Å². The minimum atomic E-state index is -0.289. The summed E-state index contributed by atoms with van der Waals surface area (Å²) in [6.07, 6.45) is 1.82. The van der Waals surface area contributed by atoms with Crippen LogP contribution in [0.25, 0.3) is 22.4 Å². The highest BCUT2D eigenvalue weighted by Crippen LogP contribution is 2.38. The van der Waals surface area contributed by atoms with Gasteiger partial charge in [-0.05, 0) is 79.8 Å². The molecule has 0 aliphatic carbocycles. The third-order valence-corrected chi connectivity index (χ3v) is 5.63. The maximum Gasteiger partial charge on any atom is 0.175 e. The van der Waals surface area contributed by atoms with E-state index in [4.69, 9.17) is 9.47 Å². The molecular formula is C27H19BrFNO2. The fourth-order valence-corrected chi connectivity index (χ4v) is 3.98. The molecule has 0 unspecified atom stereocenters. The standard InChI is InChI=1S/C27H19BrFNO2/c1-31-26-14-19(13-25(28)27(26)32-17-18-6-10-24(29)11-7-18)12-23(16-30)22-9-8-20-4-2-3-5-21(20)15-22/h2-15H,17H2,1H3/b23-12-. The first-order chi connectivity index (χ1) is 15.6. The van der Waals surface area contributed by atoms with Crippen molar-refractivity contribution in [1.82, 2.24) is 0 Å². The van der Waals surface area contributed by atoms with Gasteiger partial charge in [-0.3, -0.25) is 0 Å². The van der Waals surface area contributed by atoms with Crippen LogP contribution in [0.4, 0.5) is 4.39 Å². The molecule has 32 heavy (non-hydrogen) atoms. The molecule has 3 nitrogen and oxygen atoms in total. The van der Waals surface area contributed by atoms with Crippen LogP contribution < -0.4 is 9.47 Å². The highest BCUT2D eigenvalue weighted by Gasteiger charge is 2.13. The summed E-state index contributed by atoms with van der Waals surface area (Å²) < 4.78 is 25.3. The predicted molar refractivity (Wildman–Crippen MR) is 129 cm³/mol. The van der Waals surface area contributed by atoms with Crippen LogP contribution in [-0.4, -0.2) is 7.11 Å². The molecule has 0 saturated heterocycles. The fraction of sp³-hybridized carbons (Fsp3) is 0.0741. The van der Waals surface area contributed by atoms with Crippen LogP contribution >= 0.6 is 15.9 Å². The Morgan fingerprint density at radius 1 is 1.00 bits per heavy atom. The maximum atomic E-state index is 13.1. The lowest BCUT2D eigenvalue weighted by molar-refractivity contribution is 0.282. The summed E-state index contributed by atoms with van der Waals surface area (Å²) in [7, 11) is 1.56. The van der Waals surface area contributed by atoms with Crippen LogP contribution in [0.5, 0.6) is 11.5 Å². The molecule has 0 spiro atoms. The van der Waals surface area contributed by atoms with E-state index in [-0.39, 0.29) is 12.4 Å². The molecule has 0 aliphatic heterocycles. The SMILES string of the molecule is COc1cc(/C=C(/C#N)c2ccc3ccccc3c2)cc(Br)c1OCc1ccc(F)cc1. The summed E-state index contributed by atoms with van der Waals surface area (Å²) in [6.45, 7) is 0.269. The van der Waals surface area contributed by atoms with Crippen LogP contribution in [0.2, 0.25) is 0 Å². The Morgan fingerprint density at radius 2 is 1.75 bits per heavy atom. The molecule has 0 heterocycles. The van der Waals surface area contributed by atoms with Crippen molar-refractivity contribution < 1.29 is 13.9 Å².